The quantitative estimate of drug-likeness (QED) is 0.850. The molecule has 1 heterocycles. The first-order chi connectivity index (χ1) is 8.61. The second-order valence-electron chi connectivity index (χ2n) is 4.63. The van der Waals surface area contributed by atoms with E-state index in [1.165, 1.54) is 12.1 Å². The molecule has 1 aromatic rings. The van der Waals surface area contributed by atoms with Crippen LogP contribution in [0.2, 0.25) is 0 Å². The highest BCUT2D eigenvalue weighted by atomic mass is 19.1. The smallest absolute Gasteiger partial charge is 0.257 e. The Morgan fingerprint density at radius 2 is 2.39 bits per heavy atom. The van der Waals surface area contributed by atoms with Crippen molar-refractivity contribution in [3.05, 3.63) is 29.6 Å². The Labute approximate surface area is 105 Å². The van der Waals surface area contributed by atoms with Crippen molar-refractivity contribution in [3.63, 3.8) is 0 Å². The summed E-state index contributed by atoms with van der Waals surface area (Å²) in [6.45, 7) is 2.23. The zero-order valence-corrected chi connectivity index (χ0v) is 10.3. The van der Waals surface area contributed by atoms with Gasteiger partial charge in [-0.25, -0.2) is 4.39 Å². The van der Waals surface area contributed by atoms with Crippen molar-refractivity contribution in [2.24, 2.45) is 5.92 Å². The molecule has 4 nitrogen and oxygen atoms in total. The normalized spacial score (nSPS) is 19.2. The van der Waals surface area contributed by atoms with Gasteiger partial charge in [0, 0.05) is 19.2 Å². The van der Waals surface area contributed by atoms with Gasteiger partial charge in [0.15, 0.2) is 0 Å². The van der Waals surface area contributed by atoms with Gasteiger partial charge >= 0.3 is 0 Å². The Bertz CT molecular complexity index is 451. The Morgan fingerprint density at radius 1 is 1.61 bits per heavy atom. The van der Waals surface area contributed by atoms with E-state index in [9.17, 15) is 14.3 Å². The number of likely N-dealkylation sites (tertiary alicyclic amines) is 1. The molecule has 0 spiro atoms. The van der Waals surface area contributed by atoms with Gasteiger partial charge in [0.1, 0.15) is 11.6 Å². The number of carbonyl (C=O) groups excluding carboxylic acids is 1. The van der Waals surface area contributed by atoms with Crippen molar-refractivity contribution in [2.45, 2.75) is 6.42 Å². The van der Waals surface area contributed by atoms with Crippen LogP contribution in [-0.4, -0.2) is 42.6 Å². The number of hydrogen-bond donors (Lipinski definition) is 2. The number of nitrogens with one attached hydrogen (secondary N) is 1. The van der Waals surface area contributed by atoms with E-state index in [0.717, 1.165) is 19.0 Å². The minimum Gasteiger partial charge on any atom is -0.507 e. The second kappa shape index (κ2) is 5.35. The van der Waals surface area contributed by atoms with Crippen molar-refractivity contribution in [1.82, 2.24) is 10.2 Å². The number of halogens is 1. The maximum absolute atomic E-state index is 12.9. The van der Waals surface area contributed by atoms with E-state index in [2.05, 4.69) is 5.32 Å². The molecule has 0 radical (unpaired) electrons. The molecule has 0 aromatic heterocycles. The third kappa shape index (κ3) is 2.61. The maximum Gasteiger partial charge on any atom is 0.257 e. The number of hydrogen-bond acceptors (Lipinski definition) is 3. The molecule has 2 N–H and O–H groups in total. The third-order valence-corrected chi connectivity index (χ3v) is 3.26. The first-order valence-electron chi connectivity index (χ1n) is 6.04. The lowest BCUT2D eigenvalue weighted by atomic mass is 10.1. The second-order valence-corrected chi connectivity index (χ2v) is 4.63. The Balaban J connectivity index is 2.08. The van der Waals surface area contributed by atoms with Crippen molar-refractivity contribution in [1.29, 1.82) is 0 Å². The predicted molar refractivity (Wildman–Crippen MR) is 66.0 cm³/mol. The Kier molecular flexibility index (Phi) is 3.81. The molecular formula is C13H17FN2O2. The summed E-state index contributed by atoms with van der Waals surface area (Å²) in [6, 6.07) is 3.49. The van der Waals surface area contributed by atoms with Gasteiger partial charge in [-0.1, -0.05) is 0 Å². The van der Waals surface area contributed by atoms with Gasteiger partial charge in [0.25, 0.3) is 5.91 Å². The number of carbonyl (C=O) groups is 1. The molecule has 0 aliphatic carbocycles. The molecule has 1 aliphatic rings. The zero-order valence-electron chi connectivity index (χ0n) is 10.3. The van der Waals surface area contributed by atoms with Crippen molar-refractivity contribution in [2.75, 3.05) is 26.7 Å². The van der Waals surface area contributed by atoms with Crippen LogP contribution >= 0.6 is 0 Å². The monoisotopic (exact) mass is 252 g/mol. The van der Waals surface area contributed by atoms with Gasteiger partial charge in [-0.15, -0.1) is 0 Å². The number of rotatable bonds is 3. The number of aromatic hydroxyl groups is 1. The lowest BCUT2D eigenvalue weighted by Crippen LogP contribution is -2.30. The molecule has 1 amide bonds. The van der Waals surface area contributed by atoms with E-state index in [4.69, 9.17) is 0 Å². The fourth-order valence-electron chi connectivity index (χ4n) is 2.33. The van der Waals surface area contributed by atoms with Crippen LogP contribution in [0.25, 0.3) is 0 Å². The topological polar surface area (TPSA) is 52.6 Å². The van der Waals surface area contributed by atoms with Crippen LogP contribution in [0.15, 0.2) is 18.2 Å². The van der Waals surface area contributed by atoms with Crippen LogP contribution in [0.5, 0.6) is 5.75 Å². The minimum atomic E-state index is -0.543. The van der Waals surface area contributed by atoms with E-state index in [1.807, 2.05) is 7.05 Å². The van der Waals surface area contributed by atoms with Crippen LogP contribution in [0.3, 0.4) is 0 Å². The lowest BCUT2D eigenvalue weighted by Gasteiger charge is -2.17. The fraction of sp³-hybridized carbons (Fsp3) is 0.462. The molecule has 0 bridgehead atoms. The molecule has 98 valence electrons. The zero-order chi connectivity index (χ0) is 13.1. The molecule has 1 unspecified atom stereocenters. The van der Waals surface area contributed by atoms with Crippen LogP contribution < -0.4 is 5.32 Å². The summed E-state index contributed by atoms with van der Waals surface area (Å²) >= 11 is 0. The van der Waals surface area contributed by atoms with E-state index >= 15 is 0 Å². The fourth-order valence-corrected chi connectivity index (χ4v) is 2.33. The summed E-state index contributed by atoms with van der Waals surface area (Å²) in [5, 5.41) is 12.7. The molecule has 2 rings (SSSR count). The average molecular weight is 252 g/mol. The van der Waals surface area contributed by atoms with E-state index in [1.54, 1.807) is 4.90 Å². The van der Waals surface area contributed by atoms with Crippen LogP contribution in [0.1, 0.15) is 16.8 Å². The summed E-state index contributed by atoms with van der Waals surface area (Å²) in [5.41, 5.74) is 0.168. The summed E-state index contributed by atoms with van der Waals surface area (Å²) in [7, 11) is 1.89. The van der Waals surface area contributed by atoms with Gasteiger partial charge in [0.05, 0.1) is 5.56 Å². The molecule has 1 aliphatic heterocycles. The van der Waals surface area contributed by atoms with Crippen molar-refractivity contribution in [3.8, 4) is 5.75 Å². The standard InChI is InChI=1S/C13H17FN2O2/c1-15-7-9-4-5-16(8-9)13(18)11-3-2-10(14)6-12(11)17/h2-3,6,9,15,17H,4-5,7-8H2,1H3. The number of amides is 1. The van der Waals surface area contributed by atoms with Crippen LogP contribution in [0.4, 0.5) is 4.39 Å². The highest BCUT2D eigenvalue weighted by Crippen LogP contribution is 2.23. The predicted octanol–water partition coefficient (Wildman–Crippen LogP) is 1.21. The van der Waals surface area contributed by atoms with E-state index in [0.29, 0.717) is 19.0 Å². The van der Waals surface area contributed by atoms with Gasteiger partial charge < -0.3 is 15.3 Å². The highest BCUT2D eigenvalue weighted by molar-refractivity contribution is 5.96. The molecule has 0 saturated carbocycles. The first-order valence-corrected chi connectivity index (χ1v) is 6.04. The molecule has 18 heavy (non-hydrogen) atoms. The van der Waals surface area contributed by atoms with Crippen LogP contribution in [-0.2, 0) is 0 Å². The summed E-state index contributed by atoms with van der Waals surface area (Å²) in [5.74, 6) is -0.622. The first kappa shape index (κ1) is 12.8. The minimum absolute atomic E-state index is 0.168. The average Bonchev–Trinajstić information content (AvgIpc) is 2.77. The molecular weight excluding hydrogens is 235 g/mol. The van der Waals surface area contributed by atoms with E-state index in [-0.39, 0.29) is 17.2 Å². The van der Waals surface area contributed by atoms with Crippen molar-refractivity contribution < 1.29 is 14.3 Å². The largest absolute Gasteiger partial charge is 0.507 e. The number of phenolic OH excluding ortho intramolecular Hbond substituents is 1. The Morgan fingerprint density at radius 3 is 3.06 bits per heavy atom. The van der Waals surface area contributed by atoms with Gasteiger partial charge in [0.2, 0.25) is 0 Å². The van der Waals surface area contributed by atoms with E-state index < -0.39 is 5.82 Å². The molecule has 1 atom stereocenters. The van der Waals surface area contributed by atoms with Gasteiger partial charge in [-0.3, -0.25) is 4.79 Å². The maximum atomic E-state index is 12.9. The Hall–Kier alpha value is -1.62. The van der Waals surface area contributed by atoms with Crippen molar-refractivity contribution >= 4 is 5.91 Å². The van der Waals surface area contributed by atoms with Crippen LogP contribution in [0, 0.1) is 11.7 Å². The summed E-state index contributed by atoms with van der Waals surface area (Å²) in [6.07, 6.45) is 0.953. The molecule has 5 heteroatoms. The molecule has 1 saturated heterocycles. The molecule has 1 fully saturated rings. The number of benzene rings is 1. The lowest BCUT2D eigenvalue weighted by molar-refractivity contribution is 0.0784. The number of phenols is 1. The van der Waals surface area contributed by atoms with Gasteiger partial charge in [-0.2, -0.15) is 0 Å². The SMILES string of the molecule is CNCC1CCN(C(=O)c2ccc(F)cc2O)C1. The summed E-state index contributed by atoms with van der Waals surface area (Å²) in [4.78, 5) is 13.9. The summed E-state index contributed by atoms with van der Waals surface area (Å²) < 4.78 is 12.9. The molecule has 1 aromatic carbocycles. The highest BCUT2D eigenvalue weighted by Gasteiger charge is 2.27. The number of nitrogens with zero attached hydrogens (tertiary/aromatic N) is 1. The third-order valence-electron chi connectivity index (χ3n) is 3.26. The van der Waals surface area contributed by atoms with Gasteiger partial charge in [-0.05, 0) is 38.1 Å².